The maximum atomic E-state index is 6.39. The van der Waals surface area contributed by atoms with Crippen LogP contribution in [0, 0.1) is 11.8 Å². The molecule has 0 unspecified atom stereocenters. The van der Waals surface area contributed by atoms with Crippen LogP contribution in [0.2, 0.25) is 12.1 Å². The first-order chi connectivity index (χ1) is 10.3. The lowest BCUT2D eigenvalue weighted by atomic mass is 10.0. The molecule has 0 aromatic carbocycles. The van der Waals surface area contributed by atoms with Crippen molar-refractivity contribution in [3.05, 3.63) is 0 Å². The van der Waals surface area contributed by atoms with Crippen molar-refractivity contribution in [3.63, 3.8) is 0 Å². The normalized spacial score (nSPS) is 22.6. The van der Waals surface area contributed by atoms with Gasteiger partial charge < -0.3 is 8.85 Å². The minimum absolute atomic E-state index is 0.839. The van der Waals surface area contributed by atoms with Crippen LogP contribution >= 0.6 is 0 Å². The summed E-state index contributed by atoms with van der Waals surface area (Å²) in [5.74, 6) is 1.76. The van der Waals surface area contributed by atoms with Crippen molar-refractivity contribution in [1.29, 1.82) is 0 Å². The van der Waals surface area contributed by atoms with Crippen LogP contribution in [0.25, 0.3) is 0 Å². The summed E-state index contributed by atoms with van der Waals surface area (Å²) in [6, 6.07) is 2.54. The van der Waals surface area contributed by atoms with Gasteiger partial charge in [0.05, 0.1) is 0 Å². The summed E-state index contributed by atoms with van der Waals surface area (Å²) in [5.41, 5.74) is 0. The topological polar surface area (TPSA) is 18.5 Å². The molecule has 0 aromatic rings. The van der Waals surface area contributed by atoms with E-state index in [9.17, 15) is 0 Å². The highest BCUT2D eigenvalue weighted by molar-refractivity contribution is 6.67. The van der Waals surface area contributed by atoms with Crippen molar-refractivity contribution in [3.8, 4) is 0 Å². The van der Waals surface area contributed by atoms with Gasteiger partial charge in [-0.2, -0.15) is 0 Å². The van der Waals surface area contributed by atoms with Crippen LogP contribution in [0.3, 0.4) is 0 Å². The molecular weight excluding hydrogens is 276 g/mol. The molecule has 0 N–H and O–H groups in total. The quantitative estimate of drug-likeness (QED) is 0.425. The number of hydrogen-bond donors (Lipinski definition) is 0. The minimum atomic E-state index is -1.97. The molecule has 0 amide bonds. The maximum Gasteiger partial charge on any atom is 0.338 e. The van der Waals surface area contributed by atoms with Crippen molar-refractivity contribution in [2.75, 3.05) is 13.2 Å². The zero-order chi connectivity index (χ0) is 15.0. The lowest BCUT2D eigenvalue weighted by Gasteiger charge is -2.35. The van der Waals surface area contributed by atoms with Crippen LogP contribution in [0.5, 0.6) is 0 Å². The van der Waals surface area contributed by atoms with E-state index in [0.717, 1.165) is 25.0 Å². The fourth-order valence-electron chi connectivity index (χ4n) is 4.55. The Labute approximate surface area is 133 Å². The van der Waals surface area contributed by atoms with Gasteiger partial charge in [-0.1, -0.05) is 64.2 Å². The molecule has 0 heterocycles. The van der Waals surface area contributed by atoms with Gasteiger partial charge in [0.1, 0.15) is 0 Å². The highest BCUT2D eigenvalue weighted by Crippen LogP contribution is 2.38. The lowest BCUT2D eigenvalue weighted by molar-refractivity contribution is 0.170. The monoisotopic (exact) mass is 312 g/mol. The van der Waals surface area contributed by atoms with E-state index in [1.54, 1.807) is 0 Å². The molecule has 0 bridgehead atoms. The first-order valence-corrected chi connectivity index (χ1v) is 11.8. The number of hydrogen-bond acceptors (Lipinski definition) is 2. The SMILES string of the molecule is CCO[Si](CC1CCCCCC1)(CC1CCCC1)OCC. The van der Waals surface area contributed by atoms with E-state index in [4.69, 9.17) is 8.85 Å². The van der Waals surface area contributed by atoms with Crippen molar-refractivity contribution >= 4 is 8.56 Å². The second-order valence-electron chi connectivity index (χ2n) is 7.19. The molecule has 0 aliphatic heterocycles. The second-order valence-corrected chi connectivity index (χ2v) is 10.4. The van der Waals surface area contributed by atoms with Gasteiger partial charge in [-0.05, 0) is 37.8 Å². The van der Waals surface area contributed by atoms with Gasteiger partial charge in [-0.15, -0.1) is 0 Å². The van der Waals surface area contributed by atoms with Crippen LogP contribution in [0.4, 0.5) is 0 Å². The summed E-state index contributed by atoms with van der Waals surface area (Å²) >= 11 is 0. The molecule has 3 heteroatoms. The summed E-state index contributed by atoms with van der Waals surface area (Å²) in [6.07, 6.45) is 14.3. The largest absolute Gasteiger partial charge is 0.394 e. The van der Waals surface area contributed by atoms with Gasteiger partial charge in [-0.25, -0.2) is 0 Å². The van der Waals surface area contributed by atoms with E-state index in [2.05, 4.69) is 13.8 Å². The molecule has 2 saturated carbocycles. The fourth-order valence-corrected chi connectivity index (χ4v) is 8.90. The van der Waals surface area contributed by atoms with E-state index in [0.29, 0.717) is 0 Å². The second kappa shape index (κ2) is 9.31. The van der Waals surface area contributed by atoms with Crippen LogP contribution < -0.4 is 0 Å². The van der Waals surface area contributed by atoms with E-state index >= 15 is 0 Å². The minimum Gasteiger partial charge on any atom is -0.394 e. The standard InChI is InChI=1S/C18H36O2Si/c1-3-19-21(20-4-2,16-18-13-9-10-14-18)15-17-11-7-5-6-8-12-17/h17-18H,3-16H2,1-2H3. The highest BCUT2D eigenvalue weighted by atomic mass is 28.4. The van der Waals surface area contributed by atoms with Crippen LogP contribution in [0.1, 0.15) is 78.1 Å². The lowest BCUT2D eigenvalue weighted by Crippen LogP contribution is -2.45. The molecule has 0 atom stereocenters. The Morgan fingerprint density at radius 3 is 1.43 bits per heavy atom. The molecule has 2 fully saturated rings. The molecule has 0 aromatic heterocycles. The summed E-state index contributed by atoms with van der Waals surface area (Å²) in [6.45, 7) is 5.99. The fraction of sp³-hybridized carbons (Fsp3) is 1.00. The average molecular weight is 313 g/mol. The van der Waals surface area contributed by atoms with Gasteiger partial charge in [0.2, 0.25) is 0 Å². The Bertz CT molecular complexity index is 262. The molecule has 124 valence electrons. The van der Waals surface area contributed by atoms with E-state index in [-0.39, 0.29) is 0 Å². The smallest absolute Gasteiger partial charge is 0.338 e. The van der Waals surface area contributed by atoms with Crippen molar-refractivity contribution in [1.82, 2.24) is 0 Å². The Morgan fingerprint density at radius 1 is 0.667 bits per heavy atom. The molecule has 2 aliphatic carbocycles. The summed E-state index contributed by atoms with van der Waals surface area (Å²) in [4.78, 5) is 0. The third kappa shape index (κ3) is 5.68. The van der Waals surface area contributed by atoms with Gasteiger partial charge in [0, 0.05) is 13.2 Å². The molecule has 0 radical (unpaired) electrons. The molecule has 21 heavy (non-hydrogen) atoms. The van der Waals surface area contributed by atoms with Crippen molar-refractivity contribution in [2.24, 2.45) is 11.8 Å². The molecule has 0 saturated heterocycles. The third-order valence-electron chi connectivity index (χ3n) is 5.46. The van der Waals surface area contributed by atoms with E-state index in [1.165, 1.54) is 76.3 Å². The van der Waals surface area contributed by atoms with Crippen LogP contribution in [-0.4, -0.2) is 21.8 Å². The Balaban J connectivity index is 2.00. The Hall–Kier alpha value is 0.137. The van der Waals surface area contributed by atoms with E-state index < -0.39 is 8.56 Å². The average Bonchev–Trinajstić information content (AvgIpc) is 2.82. The molecule has 2 rings (SSSR count). The Kier molecular flexibility index (Phi) is 7.76. The third-order valence-corrected chi connectivity index (χ3v) is 9.49. The molecule has 2 nitrogen and oxygen atoms in total. The maximum absolute atomic E-state index is 6.39. The number of rotatable bonds is 8. The molecular formula is C18H36O2Si. The predicted octanol–water partition coefficient (Wildman–Crippen LogP) is 5.66. The van der Waals surface area contributed by atoms with Gasteiger partial charge in [-0.3, -0.25) is 0 Å². The first kappa shape index (κ1) is 17.5. The summed E-state index contributed by atoms with van der Waals surface area (Å²) in [5, 5.41) is 0. The predicted molar refractivity (Wildman–Crippen MR) is 91.8 cm³/mol. The van der Waals surface area contributed by atoms with Crippen LogP contribution in [-0.2, 0) is 8.85 Å². The van der Waals surface area contributed by atoms with E-state index in [1.807, 2.05) is 0 Å². The van der Waals surface area contributed by atoms with Gasteiger partial charge in [0.25, 0.3) is 0 Å². The molecule has 0 spiro atoms. The van der Waals surface area contributed by atoms with Crippen molar-refractivity contribution in [2.45, 2.75) is 90.1 Å². The van der Waals surface area contributed by atoms with Gasteiger partial charge in [0.15, 0.2) is 0 Å². The first-order valence-electron chi connectivity index (χ1n) is 9.56. The summed E-state index contributed by atoms with van der Waals surface area (Å²) < 4.78 is 12.8. The zero-order valence-corrected chi connectivity index (χ0v) is 15.4. The Morgan fingerprint density at radius 2 is 1.05 bits per heavy atom. The highest BCUT2D eigenvalue weighted by Gasteiger charge is 2.42. The van der Waals surface area contributed by atoms with Crippen LogP contribution in [0.15, 0.2) is 0 Å². The van der Waals surface area contributed by atoms with Gasteiger partial charge >= 0.3 is 8.56 Å². The van der Waals surface area contributed by atoms with Crippen molar-refractivity contribution < 1.29 is 8.85 Å². The summed E-state index contributed by atoms with van der Waals surface area (Å²) in [7, 11) is -1.97. The molecule has 2 aliphatic rings. The zero-order valence-electron chi connectivity index (χ0n) is 14.4.